The topological polar surface area (TPSA) is 70.3 Å². The van der Waals surface area contributed by atoms with E-state index in [1.807, 2.05) is 12.1 Å². The summed E-state index contributed by atoms with van der Waals surface area (Å²) >= 11 is 3.35. The monoisotopic (exact) mass is 323 g/mol. The molecule has 0 spiro atoms. The van der Waals surface area contributed by atoms with Crippen molar-refractivity contribution in [2.45, 2.75) is 19.3 Å². The Labute approximate surface area is 120 Å². The first-order valence-electron chi connectivity index (χ1n) is 5.84. The van der Waals surface area contributed by atoms with E-state index in [2.05, 4.69) is 22.0 Å². The third kappa shape index (κ3) is 6.07. The van der Waals surface area contributed by atoms with Crippen LogP contribution in [0.3, 0.4) is 0 Å². The van der Waals surface area contributed by atoms with Gasteiger partial charge in [0.2, 0.25) is 0 Å². The lowest BCUT2D eigenvalue weighted by atomic mass is 10.2. The molecule has 0 aromatic heterocycles. The van der Waals surface area contributed by atoms with Crippen molar-refractivity contribution in [2.24, 2.45) is 0 Å². The summed E-state index contributed by atoms with van der Waals surface area (Å²) in [7, 11) is 0. The zero-order valence-electron chi connectivity index (χ0n) is 10.3. The number of nitrogens with zero attached hydrogens (tertiary/aromatic N) is 1. The summed E-state index contributed by atoms with van der Waals surface area (Å²) in [4.78, 5) is 10.5. The fourth-order valence-electron chi connectivity index (χ4n) is 1.40. The Hall–Kier alpha value is -1.80. The van der Waals surface area contributed by atoms with E-state index in [-0.39, 0.29) is 0 Å². The number of rotatable bonds is 7. The first-order valence-corrected chi connectivity index (χ1v) is 6.63. The molecule has 1 aromatic carbocycles. The molecule has 1 N–H and O–H groups in total. The minimum Gasteiger partial charge on any atom is -0.494 e. The molecule has 0 aliphatic heterocycles. The number of carboxylic acids is 1. The van der Waals surface area contributed by atoms with Gasteiger partial charge in [0.1, 0.15) is 5.75 Å². The smallest absolute Gasteiger partial charge is 0.328 e. The summed E-state index contributed by atoms with van der Waals surface area (Å²) in [5.74, 6) is -0.306. The van der Waals surface area contributed by atoms with E-state index in [1.165, 1.54) is 6.08 Å². The highest BCUT2D eigenvalue weighted by atomic mass is 79.9. The Bertz CT molecular complexity index is 506. The molecule has 0 heterocycles. The molecule has 100 valence electrons. The second kappa shape index (κ2) is 8.33. The van der Waals surface area contributed by atoms with Gasteiger partial charge in [0, 0.05) is 17.0 Å². The predicted molar refractivity (Wildman–Crippen MR) is 75.8 cm³/mol. The molecule has 1 aromatic rings. The van der Waals surface area contributed by atoms with E-state index < -0.39 is 5.97 Å². The van der Waals surface area contributed by atoms with Crippen molar-refractivity contribution >= 4 is 28.0 Å². The zero-order valence-corrected chi connectivity index (χ0v) is 11.9. The number of nitriles is 1. The average Bonchev–Trinajstić information content (AvgIpc) is 2.38. The predicted octanol–water partition coefficient (Wildman–Crippen LogP) is 3.62. The molecule has 0 aliphatic carbocycles. The van der Waals surface area contributed by atoms with E-state index in [4.69, 9.17) is 15.1 Å². The average molecular weight is 324 g/mol. The van der Waals surface area contributed by atoms with Crippen molar-refractivity contribution in [2.75, 3.05) is 6.61 Å². The second-order valence-electron chi connectivity index (χ2n) is 3.82. The highest BCUT2D eigenvalue weighted by Crippen LogP contribution is 2.24. The lowest BCUT2D eigenvalue weighted by Crippen LogP contribution is -1.97. The molecule has 0 aliphatic rings. The molecule has 0 bridgehead atoms. The van der Waals surface area contributed by atoms with Gasteiger partial charge in [0.05, 0.1) is 12.7 Å². The number of unbranched alkanes of at least 4 members (excludes halogenated alkanes) is 2. The van der Waals surface area contributed by atoms with Gasteiger partial charge in [0.25, 0.3) is 0 Å². The van der Waals surface area contributed by atoms with Gasteiger partial charge in [-0.05, 0) is 42.7 Å². The van der Waals surface area contributed by atoms with E-state index in [0.29, 0.717) is 18.8 Å². The van der Waals surface area contributed by atoms with Crippen LogP contribution in [0.4, 0.5) is 0 Å². The number of aliphatic carboxylic acids is 1. The van der Waals surface area contributed by atoms with Crippen LogP contribution in [0.25, 0.3) is 6.08 Å². The van der Waals surface area contributed by atoms with E-state index in [0.717, 1.165) is 29.0 Å². The first-order chi connectivity index (χ1) is 9.13. The maximum Gasteiger partial charge on any atom is 0.328 e. The maximum atomic E-state index is 10.5. The molecule has 0 fully saturated rings. The zero-order chi connectivity index (χ0) is 14.1. The van der Waals surface area contributed by atoms with Gasteiger partial charge in [0.15, 0.2) is 0 Å². The Kier molecular flexibility index (Phi) is 6.69. The minimum absolute atomic E-state index is 0.538. The van der Waals surface area contributed by atoms with E-state index in [1.54, 1.807) is 6.07 Å². The van der Waals surface area contributed by atoms with Gasteiger partial charge in [-0.15, -0.1) is 0 Å². The molecule has 5 heteroatoms. The van der Waals surface area contributed by atoms with Crippen molar-refractivity contribution in [3.8, 4) is 11.8 Å². The highest BCUT2D eigenvalue weighted by molar-refractivity contribution is 9.10. The van der Waals surface area contributed by atoms with Gasteiger partial charge < -0.3 is 9.84 Å². The second-order valence-corrected chi connectivity index (χ2v) is 4.67. The third-order valence-corrected chi connectivity index (χ3v) is 3.05. The number of hydrogen-bond acceptors (Lipinski definition) is 3. The summed E-state index contributed by atoms with van der Waals surface area (Å²) in [6.45, 7) is 0.547. The minimum atomic E-state index is -0.991. The quantitative estimate of drug-likeness (QED) is 0.614. The summed E-state index contributed by atoms with van der Waals surface area (Å²) in [6.07, 6.45) is 4.77. The van der Waals surface area contributed by atoms with E-state index >= 15 is 0 Å². The number of hydrogen-bond donors (Lipinski definition) is 1. The van der Waals surface area contributed by atoms with Crippen molar-refractivity contribution in [1.29, 1.82) is 5.26 Å². The van der Waals surface area contributed by atoms with Crippen LogP contribution in [-0.4, -0.2) is 17.7 Å². The lowest BCUT2D eigenvalue weighted by Gasteiger charge is -2.07. The molecular weight excluding hydrogens is 310 g/mol. The molecule has 0 saturated carbocycles. The largest absolute Gasteiger partial charge is 0.494 e. The van der Waals surface area contributed by atoms with Crippen molar-refractivity contribution in [3.05, 3.63) is 34.3 Å². The number of ether oxygens (including phenoxy) is 1. The number of carboxylic acid groups (broad SMARTS) is 1. The molecule has 0 radical (unpaired) electrons. The molecule has 0 amide bonds. The lowest BCUT2D eigenvalue weighted by molar-refractivity contribution is -0.131. The Balaban J connectivity index is 2.58. The SMILES string of the molecule is N#CCCCCOc1ccc(Br)c(/C=C/C(=O)O)c1. The summed E-state index contributed by atoms with van der Waals surface area (Å²) in [5.41, 5.74) is 0.747. The first kappa shape index (κ1) is 15.3. The van der Waals surface area contributed by atoms with Crippen LogP contribution in [0.1, 0.15) is 24.8 Å². The molecule has 4 nitrogen and oxygen atoms in total. The van der Waals surface area contributed by atoms with E-state index in [9.17, 15) is 4.79 Å². The summed E-state index contributed by atoms with van der Waals surface area (Å²) < 4.78 is 6.35. The van der Waals surface area contributed by atoms with Crippen LogP contribution in [0, 0.1) is 11.3 Å². The fourth-order valence-corrected chi connectivity index (χ4v) is 1.78. The standard InChI is InChI=1S/C14H14BrNO3/c15-13-6-5-12(19-9-3-1-2-8-16)10-11(13)4-7-14(17)18/h4-7,10H,1-3,9H2,(H,17,18)/b7-4+. The van der Waals surface area contributed by atoms with Gasteiger partial charge >= 0.3 is 5.97 Å². The summed E-state index contributed by atoms with van der Waals surface area (Å²) in [6, 6.07) is 7.48. The number of halogens is 1. The highest BCUT2D eigenvalue weighted by Gasteiger charge is 2.01. The van der Waals surface area contributed by atoms with Crippen LogP contribution in [0.15, 0.2) is 28.7 Å². The van der Waals surface area contributed by atoms with Crippen molar-refractivity contribution < 1.29 is 14.6 Å². The third-order valence-electron chi connectivity index (χ3n) is 2.32. The van der Waals surface area contributed by atoms with Gasteiger partial charge in [-0.3, -0.25) is 0 Å². The van der Waals surface area contributed by atoms with Crippen molar-refractivity contribution in [3.63, 3.8) is 0 Å². The van der Waals surface area contributed by atoms with Gasteiger partial charge in [-0.2, -0.15) is 5.26 Å². The van der Waals surface area contributed by atoms with Crippen LogP contribution in [0.5, 0.6) is 5.75 Å². The summed E-state index contributed by atoms with van der Waals surface area (Å²) in [5, 5.41) is 17.0. The molecule has 0 atom stereocenters. The molecule has 19 heavy (non-hydrogen) atoms. The maximum absolute atomic E-state index is 10.5. The van der Waals surface area contributed by atoms with Crippen molar-refractivity contribution in [1.82, 2.24) is 0 Å². The molecule has 0 unspecified atom stereocenters. The van der Waals surface area contributed by atoms with Crippen LogP contribution in [-0.2, 0) is 4.79 Å². The molecule has 1 rings (SSSR count). The van der Waals surface area contributed by atoms with Crippen LogP contribution < -0.4 is 4.74 Å². The number of benzene rings is 1. The Morgan fingerprint density at radius 2 is 2.26 bits per heavy atom. The normalized spacial score (nSPS) is 10.3. The fraction of sp³-hybridized carbons (Fsp3) is 0.286. The van der Waals surface area contributed by atoms with Crippen LogP contribution >= 0.6 is 15.9 Å². The van der Waals surface area contributed by atoms with Gasteiger partial charge in [-0.1, -0.05) is 15.9 Å². The molecular formula is C14H14BrNO3. The number of carbonyl (C=O) groups is 1. The Morgan fingerprint density at radius 1 is 1.47 bits per heavy atom. The van der Waals surface area contributed by atoms with Crippen LogP contribution in [0.2, 0.25) is 0 Å². The Morgan fingerprint density at radius 3 is 2.95 bits per heavy atom. The molecule has 0 saturated heterocycles. The van der Waals surface area contributed by atoms with Gasteiger partial charge in [-0.25, -0.2) is 4.79 Å².